The molecular weight excluding hydrogens is 476 g/mol. The Morgan fingerprint density at radius 1 is 1.17 bits per heavy atom. The minimum atomic E-state index is -0.543. The number of nitro groups is 1. The van der Waals surface area contributed by atoms with Gasteiger partial charge in [-0.2, -0.15) is 4.98 Å². The minimum Gasteiger partial charge on any atom is -0.494 e. The zero-order valence-corrected chi connectivity index (χ0v) is 19.6. The number of aldehydes is 1. The minimum absolute atomic E-state index is 0.0132. The molecule has 1 N–H and O–H groups in total. The molecule has 0 radical (unpaired) electrons. The summed E-state index contributed by atoms with van der Waals surface area (Å²) in [7, 11) is 1.57. The number of piperazine rings is 1. The number of benzene rings is 2. The number of nitrogens with one attached hydrogen (secondary N) is 1. The molecular formula is C23H23ClN6O5. The first kappa shape index (κ1) is 24.2. The topological polar surface area (TPSA) is 123 Å². The monoisotopic (exact) mass is 498 g/mol. The Bertz CT molecular complexity index is 1220. The van der Waals surface area contributed by atoms with Crippen LogP contribution in [0.5, 0.6) is 17.4 Å². The molecule has 0 saturated carbocycles. The lowest BCUT2D eigenvalue weighted by molar-refractivity contribution is -0.385. The van der Waals surface area contributed by atoms with Gasteiger partial charge in [0.1, 0.15) is 17.1 Å². The molecule has 0 unspecified atom stereocenters. The number of carbonyl (C=O) groups is 1. The number of anilines is 3. The van der Waals surface area contributed by atoms with E-state index in [1.54, 1.807) is 19.2 Å². The molecule has 11 nitrogen and oxygen atoms in total. The van der Waals surface area contributed by atoms with Gasteiger partial charge in [-0.05, 0) is 18.2 Å². The van der Waals surface area contributed by atoms with Crippen LogP contribution in [0.2, 0.25) is 5.02 Å². The molecule has 0 aliphatic carbocycles. The summed E-state index contributed by atoms with van der Waals surface area (Å²) in [4.78, 5) is 34.3. The van der Waals surface area contributed by atoms with E-state index in [2.05, 4.69) is 25.1 Å². The van der Waals surface area contributed by atoms with Gasteiger partial charge in [-0.1, -0.05) is 23.7 Å². The standard InChI is InChI=1S/C23H23ClN6O5/c1-34-21-14-16(29-10-8-28(9-11-29)12-13-31)6-7-18(21)26-23-25-15-17(24)22(27-23)35-20-5-3-2-4-19(20)30(32)33/h2-7,13-15H,8-12H2,1H3,(H,25,26,27). The average Bonchev–Trinajstić information content (AvgIpc) is 2.87. The first-order valence-electron chi connectivity index (χ1n) is 10.8. The highest BCUT2D eigenvalue weighted by Gasteiger charge is 2.20. The first-order valence-corrected chi connectivity index (χ1v) is 11.2. The highest BCUT2D eigenvalue weighted by atomic mass is 35.5. The van der Waals surface area contributed by atoms with E-state index >= 15 is 0 Å². The predicted octanol–water partition coefficient (Wildman–Crippen LogP) is 3.90. The fraction of sp³-hybridized carbons (Fsp3) is 0.261. The number of nitro benzene ring substituents is 1. The summed E-state index contributed by atoms with van der Waals surface area (Å²) >= 11 is 6.18. The molecule has 0 atom stereocenters. The summed E-state index contributed by atoms with van der Waals surface area (Å²) in [6, 6.07) is 11.7. The van der Waals surface area contributed by atoms with Crippen molar-refractivity contribution in [2.24, 2.45) is 0 Å². The van der Waals surface area contributed by atoms with Crippen molar-refractivity contribution in [3.8, 4) is 17.4 Å². The summed E-state index contributed by atoms with van der Waals surface area (Å²) < 4.78 is 11.2. The van der Waals surface area contributed by atoms with E-state index in [4.69, 9.17) is 21.1 Å². The zero-order chi connectivity index (χ0) is 24.8. The lowest BCUT2D eigenvalue weighted by Gasteiger charge is -2.35. The second-order valence-corrected chi connectivity index (χ2v) is 8.04. The van der Waals surface area contributed by atoms with E-state index < -0.39 is 4.92 Å². The quantitative estimate of drug-likeness (QED) is 0.264. The van der Waals surface area contributed by atoms with Crippen LogP contribution in [0.3, 0.4) is 0 Å². The Morgan fingerprint density at radius 2 is 1.94 bits per heavy atom. The average molecular weight is 499 g/mol. The number of carbonyl (C=O) groups excluding carboxylic acids is 1. The van der Waals surface area contributed by atoms with Crippen LogP contribution in [-0.2, 0) is 4.79 Å². The van der Waals surface area contributed by atoms with Crippen molar-refractivity contribution >= 4 is 40.9 Å². The molecule has 12 heteroatoms. The Morgan fingerprint density at radius 3 is 2.66 bits per heavy atom. The largest absolute Gasteiger partial charge is 0.494 e. The number of hydrogen-bond donors (Lipinski definition) is 1. The number of hydrogen-bond acceptors (Lipinski definition) is 10. The van der Waals surface area contributed by atoms with Crippen LogP contribution >= 0.6 is 11.6 Å². The third kappa shape index (κ3) is 5.76. The number of rotatable bonds is 9. The van der Waals surface area contributed by atoms with Crippen LogP contribution in [0, 0.1) is 10.1 Å². The van der Waals surface area contributed by atoms with Crippen molar-refractivity contribution in [3.63, 3.8) is 0 Å². The lowest BCUT2D eigenvalue weighted by atomic mass is 10.2. The molecule has 0 spiro atoms. The fourth-order valence-electron chi connectivity index (χ4n) is 3.68. The Hall–Kier alpha value is -3.96. The second kappa shape index (κ2) is 11.0. The fourth-order valence-corrected chi connectivity index (χ4v) is 3.81. The lowest BCUT2D eigenvalue weighted by Crippen LogP contribution is -2.46. The summed E-state index contributed by atoms with van der Waals surface area (Å²) in [5, 5.41) is 14.5. The summed E-state index contributed by atoms with van der Waals surface area (Å²) in [5.41, 5.74) is 1.41. The summed E-state index contributed by atoms with van der Waals surface area (Å²) in [6.07, 6.45) is 2.27. The van der Waals surface area contributed by atoms with Gasteiger partial charge in [0.25, 0.3) is 0 Å². The molecule has 2 aromatic carbocycles. The summed E-state index contributed by atoms with van der Waals surface area (Å²) in [5.74, 6) is 0.746. The van der Waals surface area contributed by atoms with Crippen molar-refractivity contribution in [1.82, 2.24) is 14.9 Å². The Balaban J connectivity index is 1.51. The van der Waals surface area contributed by atoms with Crippen LogP contribution in [0.15, 0.2) is 48.7 Å². The highest BCUT2D eigenvalue weighted by Crippen LogP contribution is 2.35. The van der Waals surface area contributed by atoms with E-state index in [9.17, 15) is 14.9 Å². The van der Waals surface area contributed by atoms with Gasteiger partial charge in [0.05, 0.1) is 30.5 Å². The van der Waals surface area contributed by atoms with Crippen molar-refractivity contribution in [2.45, 2.75) is 0 Å². The number of ether oxygens (including phenoxy) is 2. The smallest absolute Gasteiger partial charge is 0.311 e. The SMILES string of the molecule is COc1cc(N2CCN(CC=O)CC2)ccc1Nc1ncc(Cl)c(Oc2ccccc2[N+](=O)[O-])n1. The maximum atomic E-state index is 11.3. The van der Waals surface area contributed by atoms with Gasteiger partial charge in [-0.15, -0.1) is 0 Å². The first-order chi connectivity index (χ1) is 17.0. The van der Waals surface area contributed by atoms with Crippen LogP contribution < -0.4 is 19.7 Å². The molecule has 1 aliphatic rings. The third-order valence-corrected chi connectivity index (χ3v) is 5.74. The maximum Gasteiger partial charge on any atom is 0.311 e. The van der Waals surface area contributed by atoms with E-state index in [1.807, 2.05) is 18.2 Å². The normalized spacial score (nSPS) is 13.8. The van der Waals surface area contributed by atoms with Gasteiger partial charge in [-0.25, -0.2) is 4.98 Å². The summed E-state index contributed by atoms with van der Waals surface area (Å²) in [6.45, 7) is 3.67. The number of methoxy groups -OCH3 is 1. The Kier molecular flexibility index (Phi) is 7.58. The van der Waals surface area contributed by atoms with E-state index in [1.165, 1.54) is 18.3 Å². The molecule has 0 bridgehead atoms. The molecule has 2 heterocycles. The van der Waals surface area contributed by atoms with Gasteiger partial charge >= 0.3 is 5.69 Å². The van der Waals surface area contributed by atoms with Crippen molar-refractivity contribution in [3.05, 3.63) is 63.8 Å². The zero-order valence-electron chi connectivity index (χ0n) is 18.9. The van der Waals surface area contributed by atoms with E-state index in [0.29, 0.717) is 18.0 Å². The molecule has 1 fully saturated rings. The number of nitrogens with zero attached hydrogens (tertiary/aromatic N) is 5. The van der Waals surface area contributed by atoms with Crippen molar-refractivity contribution in [2.75, 3.05) is 50.1 Å². The predicted molar refractivity (Wildman–Crippen MR) is 131 cm³/mol. The Labute approximate surface area is 206 Å². The van der Waals surface area contributed by atoms with Crippen molar-refractivity contribution in [1.29, 1.82) is 0 Å². The second-order valence-electron chi connectivity index (χ2n) is 7.64. The van der Waals surface area contributed by atoms with Gasteiger partial charge in [0.15, 0.2) is 0 Å². The molecule has 35 heavy (non-hydrogen) atoms. The molecule has 1 aromatic heterocycles. The molecule has 3 aromatic rings. The molecule has 0 amide bonds. The maximum absolute atomic E-state index is 11.3. The number of aromatic nitrogens is 2. The van der Waals surface area contributed by atoms with Gasteiger partial charge in [-0.3, -0.25) is 15.0 Å². The van der Waals surface area contributed by atoms with Gasteiger partial charge in [0, 0.05) is 44.0 Å². The van der Waals surface area contributed by atoms with E-state index in [0.717, 1.165) is 38.2 Å². The number of para-hydroxylation sites is 2. The third-order valence-electron chi connectivity index (χ3n) is 5.48. The molecule has 4 rings (SSSR count). The van der Waals surface area contributed by atoms with Crippen LogP contribution in [0.1, 0.15) is 0 Å². The van der Waals surface area contributed by atoms with Crippen LogP contribution in [-0.4, -0.2) is 65.9 Å². The molecule has 182 valence electrons. The van der Waals surface area contributed by atoms with E-state index in [-0.39, 0.29) is 28.3 Å². The molecule has 1 saturated heterocycles. The van der Waals surface area contributed by atoms with Crippen LogP contribution in [0.25, 0.3) is 0 Å². The van der Waals surface area contributed by atoms with Crippen molar-refractivity contribution < 1.29 is 19.2 Å². The van der Waals surface area contributed by atoms with Gasteiger partial charge in [0.2, 0.25) is 17.6 Å². The van der Waals surface area contributed by atoms with Crippen LogP contribution in [0.4, 0.5) is 23.0 Å². The number of halogens is 1. The highest BCUT2D eigenvalue weighted by molar-refractivity contribution is 6.31. The molecule has 1 aliphatic heterocycles. The van der Waals surface area contributed by atoms with Gasteiger partial charge < -0.3 is 24.5 Å².